The second-order valence-corrected chi connectivity index (χ2v) is 5.87. The van der Waals surface area contributed by atoms with Gasteiger partial charge in [-0.15, -0.1) is 0 Å². The molecule has 2 heterocycles. The molecule has 3 rings (SSSR count). The van der Waals surface area contributed by atoms with Crippen LogP contribution in [0.4, 0.5) is 0 Å². The highest BCUT2D eigenvalue weighted by atomic mass is 15.0. The fourth-order valence-corrected chi connectivity index (χ4v) is 3.00. The first-order valence-electron chi connectivity index (χ1n) is 7.59. The molecule has 0 bridgehead atoms. The molecule has 0 aliphatic carbocycles. The van der Waals surface area contributed by atoms with Crippen molar-refractivity contribution in [3.8, 4) is 22.6 Å². The number of hydrogen-bond acceptors (Lipinski definition) is 0. The maximum absolute atomic E-state index is 2.27. The van der Waals surface area contributed by atoms with Crippen LogP contribution >= 0.6 is 0 Å². The Kier molecular flexibility index (Phi) is 3.76. The van der Waals surface area contributed by atoms with Crippen molar-refractivity contribution in [2.75, 3.05) is 0 Å². The molecule has 0 spiro atoms. The zero-order chi connectivity index (χ0) is 15.7. The maximum atomic E-state index is 2.27. The molecule has 0 atom stereocenters. The van der Waals surface area contributed by atoms with Crippen molar-refractivity contribution in [2.24, 2.45) is 14.1 Å². The number of nitrogens with zero attached hydrogens (tertiary/aromatic N) is 2. The standard InChI is InChI=1S/C20H22N2/c1-15-11-12-17(16(2)14-15)18-9-7-10-20(22(18)4)19-8-5-6-13-21(19)3/h5-14H,1-4H3/q+2. The van der Waals surface area contributed by atoms with E-state index >= 15 is 0 Å². The Morgan fingerprint density at radius 2 is 1.45 bits per heavy atom. The topological polar surface area (TPSA) is 7.76 Å². The Bertz CT molecular complexity index is 835. The van der Waals surface area contributed by atoms with Crippen LogP contribution in [-0.4, -0.2) is 0 Å². The van der Waals surface area contributed by atoms with Crippen LogP contribution < -0.4 is 9.13 Å². The van der Waals surface area contributed by atoms with Crippen LogP contribution in [0.3, 0.4) is 0 Å². The third-order valence-corrected chi connectivity index (χ3v) is 4.21. The van der Waals surface area contributed by atoms with Gasteiger partial charge in [-0.2, -0.15) is 9.13 Å². The van der Waals surface area contributed by atoms with E-state index in [9.17, 15) is 0 Å². The van der Waals surface area contributed by atoms with Crippen molar-refractivity contribution in [3.63, 3.8) is 0 Å². The summed E-state index contributed by atoms with van der Waals surface area (Å²) in [6.07, 6.45) is 2.08. The summed E-state index contributed by atoms with van der Waals surface area (Å²) in [5.41, 5.74) is 7.55. The number of rotatable bonds is 2. The van der Waals surface area contributed by atoms with Crippen molar-refractivity contribution in [1.29, 1.82) is 0 Å². The normalized spacial score (nSPS) is 10.7. The number of benzene rings is 1. The SMILES string of the molecule is Cc1ccc(-c2cccc(-c3cccc[n+]3C)[n+]2C)c(C)c1. The predicted octanol–water partition coefficient (Wildman–Crippen LogP) is 3.29. The van der Waals surface area contributed by atoms with Gasteiger partial charge in [0, 0.05) is 29.8 Å². The van der Waals surface area contributed by atoms with Crippen LogP contribution in [0.2, 0.25) is 0 Å². The molecular weight excluding hydrogens is 268 g/mol. The molecule has 22 heavy (non-hydrogen) atoms. The lowest BCUT2D eigenvalue weighted by atomic mass is 10.0. The van der Waals surface area contributed by atoms with Crippen LogP contribution in [0.5, 0.6) is 0 Å². The van der Waals surface area contributed by atoms with Crippen LogP contribution in [0, 0.1) is 13.8 Å². The van der Waals surface area contributed by atoms with E-state index in [-0.39, 0.29) is 0 Å². The molecule has 2 aromatic heterocycles. The molecule has 0 radical (unpaired) electrons. The smallest absolute Gasteiger partial charge is 0.196 e. The average molecular weight is 290 g/mol. The van der Waals surface area contributed by atoms with Crippen LogP contribution in [0.1, 0.15) is 11.1 Å². The number of aryl methyl sites for hydroxylation is 3. The maximum Gasteiger partial charge on any atom is 0.277 e. The molecular formula is C20H22N2+2. The molecule has 0 saturated carbocycles. The Labute approximate surface area is 132 Å². The van der Waals surface area contributed by atoms with Gasteiger partial charge in [-0.05, 0) is 37.6 Å². The van der Waals surface area contributed by atoms with Gasteiger partial charge in [0.15, 0.2) is 6.20 Å². The van der Waals surface area contributed by atoms with Gasteiger partial charge < -0.3 is 0 Å². The lowest BCUT2D eigenvalue weighted by Crippen LogP contribution is -2.39. The van der Waals surface area contributed by atoms with E-state index in [0.717, 1.165) is 0 Å². The number of pyridine rings is 2. The Morgan fingerprint density at radius 3 is 2.18 bits per heavy atom. The first kappa shape index (κ1) is 14.5. The lowest BCUT2D eigenvalue weighted by molar-refractivity contribution is -0.685. The predicted molar refractivity (Wildman–Crippen MR) is 89.1 cm³/mol. The number of hydrogen-bond donors (Lipinski definition) is 0. The molecule has 1 aromatic carbocycles. The van der Waals surface area contributed by atoms with Gasteiger partial charge in [0.1, 0.15) is 14.1 Å². The van der Waals surface area contributed by atoms with Gasteiger partial charge in [0.2, 0.25) is 5.69 Å². The van der Waals surface area contributed by atoms with E-state index in [1.165, 1.54) is 33.8 Å². The van der Waals surface area contributed by atoms with Crippen molar-refractivity contribution in [1.82, 2.24) is 0 Å². The van der Waals surface area contributed by atoms with Gasteiger partial charge in [0.25, 0.3) is 11.4 Å². The monoisotopic (exact) mass is 290 g/mol. The van der Waals surface area contributed by atoms with E-state index in [0.29, 0.717) is 0 Å². The lowest BCUT2D eigenvalue weighted by Gasteiger charge is -2.07. The van der Waals surface area contributed by atoms with E-state index in [1.807, 2.05) is 0 Å². The van der Waals surface area contributed by atoms with Crippen LogP contribution in [0.25, 0.3) is 22.6 Å². The first-order valence-corrected chi connectivity index (χ1v) is 7.59. The van der Waals surface area contributed by atoms with E-state index in [4.69, 9.17) is 0 Å². The molecule has 0 aliphatic rings. The summed E-state index contributed by atoms with van der Waals surface area (Å²) >= 11 is 0. The van der Waals surface area contributed by atoms with Crippen LogP contribution in [-0.2, 0) is 14.1 Å². The molecule has 2 nitrogen and oxygen atoms in total. The van der Waals surface area contributed by atoms with Gasteiger partial charge in [-0.1, -0.05) is 17.7 Å². The largest absolute Gasteiger partial charge is 0.277 e. The zero-order valence-electron chi connectivity index (χ0n) is 13.7. The fourth-order valence-electron chi connectivity index (χ4n) is 3.00. The van der Waals surface area contributed by atoms with Gasteiger partial charge in [0.05, 0.1) is 0 Å². The first-order chi connectivity index (χ1) is 10.6. The molecule has 0 fully saturated rings. The molecule has 2 heteroatoms. The zero-order valence-corrected chi connectivity index (χ0v) is 13.7. The van der Waals surface area contributed by atoms with Crippen LogP contribution in [0.15, 0.2) is 60.8 Å². The Hall–Kier alpha value is -2.48. The molecule has 110 valence electrons. The van der Waals surface area contributed by atoms with Gasteiger partial charge in [-0.3, -0.25) is 0 Å². The summed E-state index contributed by atoms with van der Waals surface area (Å²) in [6.45, 7) is 4.31. The van der Waals surface area contributed by atoms with Crippen molar-refractivity contribution >= 4 is 0 Å². The molecule has 3 aromatic rings. The third kappa shape index (κ3) is 2.52. The molecule has 0 N–H and O–H groups in total. The highest BCUT2D eigenvalue weighted by Gasteiger charge is 2.22. The second-order valence-electron chi connectivity index (χ2n) is 5.87. The minimum Gasteiger partial charge on any atom is -0.196 e. The van der Waals surface area contributed by atoms with Crippen molar-refractivity contribution in [2.45, 2.75) is 13.8 Å². The quantitative estimate of drug-likeness (QED) is 0.640. The summed E-state index contributed by atoms with van der Waals surface area (Å²) in [6, 6.07) is 19.4. The summed E-state index contributed by atoms with van der Waals surface area (Å²) < 4.78 is 4.42. The van der Waals surface area contributed by atoms with Crippen molar-refractivity contribution in [3.05, 3.63) is 71.9 Å². The van der Waals surface area contributed by atoms with Gasteiger partial charge in [-0.25, -0.2) is 0 Å². The minimum atomic E-state index is 1.21. The van der Waals surface area contributed by atoms with E-state index in [2.05, 4.69) is 97.9 Å². The number of aromatic nitrogens is 2. The van der Waals surface area contributed by atoms with E-state index < -0.39 is 0 Å². The van der Waals surface area contributed by atoms with Crippen molar-refractivity contribution < 1.29 is 9.13 Å². The molecule has 0 saturated heterocycles. The third-order valence-electron chi connectivity index (χ3n) is 4.21. The second kappa shape index (κ2) is 5.72. The summed E-state index contributed by atoms with van der Waals surface area (Å²) in [4.78, 5) is 0. The molecule has 0 aliphatic heterocycles. The Balaban J connectivity index is 2.20. The van der Waals surface area contributed by atoms with E-state index in [1.54, 1.807) is 0 Å². The minimum absolute atomic E-state index is 1.21. The molecule has 0 unspecified atom stereocenters. The summed E-state index contributed by atoms with van der Waals surface area (Å²) in [5.74, 6) is 0. The Morgan fingerprint density at radius 1 is 0.727 bits per heavy atom. The average Bonchev–Trinajstić information content (AvgIpc) is 2.49. The summed E-state index contributed by atoms with van der Waals surface area (Å²) in [5, 5.41) is 0. The fraction of sp³-hybridized carbons (Fsp3) is 0.200. The van der Waals surface area contributed by atoms with Gasteiger partial charge >= 0.3 is 0 Å². The highest BCUT2D eigenvalue weighted by molar-refractivity contribution is 5.63. The highest BCUT2D eigenvalue weighted by Crippen LogP contribution is 2.23. The molecule has 0 amide bonds. The summed E-state index contributed by atoms with van der Waals surface area (Å²) in [7, 11) is 4.22.